The molecule has 0 radical (unpaired) electrons. The van der Waals surface area contributed by atoms with Crippen LogP contribution >= 0.6 is 11.8 Å². The molecule has 19 heavy (non-hydrogen) atoms. The fourth-order valence-electron chi connectivity index (χ4n) is 1.88. The Labute approximate surface area is 121 Å². The molecule has 1 heterocycles. The van der Waals surface area contributed by atoms with Crippen LogP contribution in [0.1, 0.15) is 48.0 Å². The van der Waals surface area contributed by atoms with E-state index in [9.17, 15) is 4.79 Å². The number of nitrogens with one attached hydrogen (secondary N) is 2. The van der Waals surface area contributed by atoms with E-state index < -0.39 is 0 Å². The van der Waals surface area contributed by atoms with Gasteiger partial charge in [-0.3, -0.25) is 9.79 Å². The van der Waals surface area contributed by atoms with Crippen LogP contribution in [0.25, 0.3) is 0 Å². The van der Waals surface area contributed by atoms with Gasteiger partial charge in [0.1, 0.15) is 6.04 Å². The van der Waals surface area contributed by atoms with Crippen LogP contribution in [0.4, 0.5) is 0 Å². The number of hydrogen-bond donors (Lipinski definition) is 2. The minimum absolute atomic E-state index is 0.0242. The molecular formula is C14H27N3OS. The summed E-state index contributed by atoms with van der Waals surface area (Å²) >= 11 is 1.71. The van der Waals surface area contributed by atoms with Gasteiger partial charge in [0.15, 0.2) is 5.17 Å². The van der Waals surface area contributed by atoms with Gasteiger partial charge in [-0.25, -0.2) is 0 Å². The second-order valence-electron chi connectivity index (χ2n) is 6.48. The lowest BCUT2D eigenvalue weighted by molar-refractivity contribution is -0.122. The van der Waals surface area contributed by atoms with E-state index in [1.54, 1.807) is 11.8 Å². The van der Waals surface area contributed by atoms with Gasteiger partial charge in [-0.2, -0.15) is 0 Å². The van der Waals surface area contributed by atoms with Gasteiger partial charge in [-0.05, 0) is 32.6 Å². The summed E-state index contributed by atoms with van der Waals surface area (Å²) in [4.78, 5) is 16.6. The number of hydrogen-bond acceptors (Lipinski definition) is 4. The largest absolute Gasteiger partial charge is 0.353 e. The van der Waals surface area contributed by atoms with E-state index >= 15 is 0 Å². The van der Waals surface area contributed by atoms with Gasteiger partial charge in [0, 0.05) is 11.8 Å². The third-order valence-corrected chi connectivity index (χ3v) is 4.00. The summed E-state index contributed by atoms with van der Waals surface area (Å²) in [6.45, 7) is 12.4. The lowest BCUT2D eigenvalue weighted by Gasteiger charge is -2.31. The molecule has 4 nitrogen and oxygen atoms in total. The molecule has 2 N–H and O–H groups in total. The molecule has 0 saturated carbocycles. The summed E-state index contributed by atoms with van der Waals surface area (Å²) in [6.07, 6.45) is 1.10. The Morgan fingerprint density at radius 2 is 2.00 bits per heavy atom. The lowest BCUT2D eigenvalue weighted by Crippen LogP contribution is -2.47. The predicted octanol–water partition coefficient (Wildman–Crippen LogP) is 2.40. The first-order valence-electron chi connectivity index (χ1n) is 6.97. The maximum Gasteiger partial charge on any atom is 0.242 e. The third-order valence-electron chi connectivity index (χ3n) is 3.07. The average molecular weight is 285 g/mol. The van der Waals surface area contributed by atoms with Gasteiger partial charge < -0.3 is 10.6 Å². The Bertz CT molecular complexity index is 347. The van der Waals surface area contributed by atoms with E-state index in [1.807, 2.05) is 20.8 Å². The molecule has 1 amide bonds. The number of amides is 1. The van der Waals surface area contributed by atoms with Gasteiger partial charge in [0.25, 0.3) is 0 Å². The predicted molar refractivity (Wildman–Crippen MR) is 83.6 cm³/mol. The van der Waals surface area contributed by atoms with Crippen LogP contribution in [0.2, 0.25) is 0 Å². The van der Waals surface area contributed by atoms with Crippen LogP contribution in [-0.2, 0) is 4.79 Å². The van der Waals surface area contributed by atoms with Crippen molar-refractivity contribution in [2.24, 2.45) is 10.4 Å². The van der Waals surface area contributed by atoms with E-state index in [-0.39, 0.29) is 23.4 Å². The van der Waals surface area contributed by atoms with Crippen LogP contribution in [0.3, 0.4) is 0 Å². The zero-order valence-corrected chi connectivity index (χ0v) is 13.7. The molecule has 0 fully saturated rings. The number of aliphatic imine (C=N–C) groups is 1. The quantitative estimate of drug-likeness (QED) is 0.837. The first-order valence-corrected chi connectivity index (χ1v) is 7.96. The van der Waals surface area contributed by atoms with Crippen molar-refractivity contribution in [2.75, 3.05) is 5.75 Å². The van der Waals surface area contributed by atoms with Crippen LogP contribution in [0, 0.1) is 5.41 Å². The summed E-state index contributed by atoms with van der Waals surface area (Å²) in [6, 6.07) is 0.254. The molecule has 0 aromatic rings. The zero-order chi connectivity index (χ0) is 14.6. The molecule has 0 aliphatic carbocycles. The summed E-state index contributed by atoms with van der Waals surface area (Å²) in [5.74, 6) is 1.09. The molecule has 1 aliphatic rings. The van der Waals surface area contributed by atoms with Gasteiger partial charge in [-0.1, -0.05) is 32.5 Å². The first-order chi connectivity index (χ1) is 8.70. The van der Waals surface area contributed by atoms with E-state index in [4.69, 9.17) is 4.99 Å². The Morgan fingerprint density at radius 3 is 2.53 bits per heavy atom. The van der Waals surface area contributed by atoms with Gasteiger partial charge in [-0.15, -0.1) is 0 Å². The molecule has 1 rings (SSSR count). The second-order valence-corrected chi connectivity index (χ2v) is 7.57. The molecule has 0 aromatic carbocycles. The summed E-state index contributed by atoms with van der Waals surface area (Å²) < 4.78 is 0. The molecule has 110 valence electrons. The fourth-order valence-corrected chi connectivity index (χ4v) is 2.87. The zero-order valence-electron chi connectivity index (χ0n) is 12.9. The second kappa shape index (κ2) is 6.64. The monoisotopic (exact) mass is 285 g/mol. The summed E-state index contributed by atoms with van der Waals surface area (Å²) in [7, 11) is 0. The van der Waals surface area contributed by atoms with Crippen molar-refractivity contribution in [1.29, 1.82) is 0 Å². The van der Waals surface area contributed by atoms with Crippen molar-refractivity contribution in [3.8, 4) is 0 Å². The smallest absolute Gasteiger partial charge is 0.242 e. The Kier molecular flexibility index (Phi) is 5.71. The normalized spacial score (nSPS) is 21.8. The highest BCUT2D eigenvalue weighted by atomic mass is 32.2. The third kappa shape index (κ3) is 5.43. The maximum atomic E-state index is 11.9. The van der Waals surface area contributed by atoms with Gasteiger partial charge in [0.05, 0.1) is 6.04 Å². The minimum atomic E-state index is -0.243. The SMILES string of the molecule is CC(C)NC(=O)C(C)NC1=NC(C(C)(C)C)CCS1. The first kappa shape index (κ1) is 16.3. The number of carbonyl (C=O) groups excluding carboxylic acids is 1. The highest BCUT2D eigenvalue weighted by Gasteiger charge is 2.28. The average Bonchev–Trinajstić information content (AvgIpc) is 2.27. The van der Waals surface area contributed by atoms with Crippen molar-refractivity contribution >= 4 is 22.8 Å². The highest BCUT2D eigenvalue weighted by molar-refractivity contribution is 8.13. The minimum Gasteiger partial charge on any atom is -0.353 e. The van der Waals surface area contributed by atoms with E-state index in [0.717, 1.165) is 17.3 Å². The van der Waals surface area contributed by atoms with E-state index in [2.05, 4.69) is 31.4 Å². The lowest BCUT2D eigenvalue weighted by atomic mass is 9.85. The molecule has 0 aromatic heterocycles. The molecule has 2 atom stereocenters. The Balaban J connectivity index is 2.61. The number of thioether (sulfide) groups is 1. The topological polar surface area (TPSA) is 53.5 Å². The van der Waals surface area contributed by atoms with Gasteiger partial charge in [0.2, 0.25) is 5.91 Å². The Morgan fingerprint density at radius 1 is 1.37 bits per heavy atom. The van der Waals surface area contributed by atoms with Crippen molar-refractivity contribution in [3.63, 3.8) is 0 Å². The maximum absolute atomic E-state index is 11.9. The number of rotatable bonds is 3. The molecule has 0 spiro atoms. The molecule has 1 aliphatic heterocycles. The van der Waals surface area contributed by atoms with Crippen LogP contribution in [0.5, 0.6) is 0 Å². The fraction of sp³-hybridized carbons (Fsp3) is 0.857. The van der Waals surface area contributed by atoms with Crippen LogP contribution in [-0.4, -0.2) is 35.0 Å². The van der Waals surface area contributed by atoms with Crippen molar-refractivity contribution in [2.45, 2.75) is 66.1 Å². The number of carbonyl (C=O) groups is 1. The standard InChI is InChI=1S/C14H27N3OS/c1-9(2)15-12(18)10(3)16-13-17-11(7-8-19-13)14(4,5)6/h9-11H,7-8H2,1-6H3,(H,15,18)(H,16,17). The van der Waals surface area contributed by atoms with Gasteiger partial charge >= 0.3 is 0 Å². The Hall–Kier alpha value is -0.710. The summed E-state index contributed by atoms with van der Waals surface area (Å²) in [5.41, 5.74) is 0.178. The molecule has 5 heteroatoms. The molecule has 0 saturated heterocycles. The molecule has 2 unspecified atom stereocenters. The highest BCUT2D eigenvalue weighted by Crippen LogP contribution is 2.30. The van der Waals surface area contributed by atoms with Crippen LogP contribution < -0.4 is 10.6 Å². The molecular weight excluding hydrogens is 258 g/mol. The van der Waals surface area contributed by atoms with E-state index in [0.29, 0.717) is 6.04 Å². The van der Waals surface area contributed by atoms with Crippen molar-refractivity contribution < 1.29 is 4.79 Å². The molecule has 0 bridgehead atoms. The summed E-state index contributed by atoms with van der Waals surface area (Å²) in [5, 5.41) is 7.04. The van der Waals surface area contributed by atoms with Crippen molar-refractivity contribution in [3.05, 3.63) is 0 Å². The van der Waals surface area contributed by atoms with E-state index in [1.165, 1.54) is 0 Å². The number of nitrogens with zero attached hydrogens (tertiary/aromatic N) is 1. The van der Waals surface area contributed by atoms with Crippen LogP contribution in [0.15, 0.2) is 4.99 Å². The van der Waals surface area contributed by atoms with Crippen molar-refractivity contribution in [1.82, 2.24) is 10.6 Å². The number of amidine groups is 1.